The first-order chi connectivity index (χ1) is 16.6. The van der Waals surface area contributed by atoms with Crippen LogP contribution in [0.5, 0.6) is 0 Å². The Kier molecular flexibility index (Phi) is 9.75. The van der Waals surface area contributed by atoms with Gasteiger partial charge in [0, 0.05) is 19.3 Å². The highest BCUT2D eigenvalue weighted by Crippen LogP contribution is 2.24. The van der Waals surface area contributed by atoms with Crippen LogP contribution in [-0.4, -0.2) is 50.9 Å². The van der Waals surface area contributed by atoms with Gasteiger partial charge in [0.25, 0.3) is 0 Å². The molecule has 0 aliphatic carbocycles. The maximum Gasteiger partial charge on any atom is 0.410 e. The second kappa shape index (κ2) is 11.9. The first-order valence-electron chi connectivity index (χ1n) is 11.7. The van der Waals surface area contributed by atoms with Crippen molar-refractivity contribution >= 4 is 40.6 Å². The maximum atomic E-state index is 13.0. The molecule has 198 valence electrons. The summed E-state index contributed by atoms with van der Waals surface area (Å²) in [4.78, 5) is 42.7. The monoisotopic (exact) mass is 613 g/mol. The predicted octanol–water partition coefficient (Wildman–Crippen LogP) is 4.63. The van der Waals surface area contributed by atoms with E-state index in [1.54, 1.807) is 44.0 Å². The molecule has 1 unspecified atom stereocenters. The van der Waals surface area contributed by atoms with Crippen molar-refractivity contribution < 1.29 is 19.1 Å². The van der Waals surface area contributed by atoms with Crippen LogP contribution in [0.2, 0.25) is 0 Å². The molecule has 1 atom stereocenters. The average Bonchev–Trinajstić information content (AvgIpc) is 2.73. The lowest BCUT2D eigenvalue weighted by Crippen LogP contribution is -2.40. The summed E-state index contributed by atoms with van der Waals surface area (Å²) in [5.41, 5.74) is 5.49. The summed E-state index contributed by atoms with van der Waals surface area (Å²) >= 11 is 2.02. The van der Waals surface area contributed by atoms with Crippen molar-refractivity contribution in [1.29, 1.82) is 0 Å². The minimum Gasteiger partial charge on any atom is -0.444 e. The topological polar surface area (TPSA) is 129 Å². The molecular weight excluding hydrogens is 577 g/mol. The molecular formula is C25H36IN5O5. The number of ether oxygens (including phenoxy) is 2. The van der Waals surface area contributed by atoms with Crippen molar-refractivity contribution in [2.24, 2.45) is 0 Å². The summed E-state index contributed by atoms with van der Waals surface area (Å²) in [7, 11) is 0. The van der Waals surface area contributed by atoms with Crippen LogP contribution in [0.25, 0.3) is 5.69 Å². The van der Waals surface area contributed by atoms with Gasteiger partial charge in [-0.1, -0.05) is 12.1 Å². The van der Waals surface area contributed by atoms with Crippen molar-refractivity contribution in [2.75, 3.05) is 18.8 Å². The number of halogens is 1. The van der Waals surface area contributed by atoms with Gasteiger partial charge in [0.2, 0.25) is 0 Å². The molecule has 0 aliphatic rings. The largest absolute Gasteiger partial charge is 0.444 e. The lowest BCUT2D eigenvalue weighted by atomic mass is 10.1. The van der Waals surface area contributed by atoms with Crippen molar-refractivity contribution in [3.8, 4) is 5.69 Å². The Labute approximate surface area is 225 Å². The van der Waals surface area contributed by atoms with Crippen LogP contribution >= 0.6 is 22.6 Å². The highest BCUT2D eigenvalue weighted by Gasteiger charge is 2.27. The molecule has 36 heavy (non-hydrogen) atoms. The van der Waals surface area contributed by atoms with E-state index < -0.39 is 29.1 Å². The molecule has 0 fully saturated rings. The van der Waals surface area contributed by atoms with E-state index in [-0.39, 0.29) is 11.9 Å². The molecule has 3 N–H and O–H groups in total. The van der Waals surface area contributed by atoms with Gasteiger partial charge >= 0.3 is 17.9 Å². The zero-order chi connectivity index (χ0) is 27.3. The number of nitrogens with zero attached hydrogens (tertiary/aromatic N) is 3. The average molecular weight is 613 g/mol. The van der Waals surface area contributed by atoms with Crippen LogP contribution < -0.4 is 16.7 Å². The van der Waals surface area contributed by atoms with Gasteiger partial charge < -0.3 is 25.4 Å². The van der Waals surface area contributed by atoms with Crippen LogP contribution in [0.3, 0.4) is 0 Å². The number of alkyl carbamates (subject to hydrolysis) is 1. The van der Waals surface area contributed by atoms with Gasteiger partial charge in [0.05, 0.1) is 15.3 Å². The number of nitrogens with one attached hydrogen (secondary N) is 1. The van der Waals surface area contributed by atoms with Gasteiger partial charge in [-0.25, -0.2) is 14.4 Å². The molecule has 2 amide bonds. The van der Waals surface area contributed by atoms with Gasteiger partial charge in [-0.05, 0) is 95.2 Å². The summed E-state index contributed by atoms with van der Waals surface area (Å²) in [6, 6.07) is 6.96. The highest BCUT2D eigenvalue weighted by molar-refractivity contribution is 14.1. The van der Waals surface area contributed by atoms with E-state index in [0.717, 1.165) is 5.56 Å². The molecule has 2 aromatic rings. The molecule has 0 bridgehead atoms. The lowest BCUT2D eigenvalue weighted by Gasteiger charge is -2.32. The number of hydrogen-bond donors (Lipinski definition) is 2. The Morgan fingerprint density at radius 1 is 1.11 bits per heavy atom. The molecule has 1 aromatic carbocycles. The first-order valence-corrected chi connectivity index (χ1v) is 12.8. The van der Waals surface area contributed by atoms with Gasteiger partial charge in [-0.3, -0.25) is 4.57 Å². The number of aromatic nitrogens is 2. The molecule has 0 aliphatic heterocycles. The number of carbonyl (C=O) groups is 2. The molecule has 11 heteroatoms. The summed E-state index contributed by atoms with van der Waals surface area (Å²) < 4.78 is 13.0. The second-order valence-corrected chi connectivity index (χ2v) is 11.5. The molecule has 0 spiro atoms. The number of benzene rings is 1. The van der Waals surface area contributed by atoms with Gasteiger partial charge in [0.15, 0.2) is 0 Å². The molecule has 1 aromatic heterocycles. The zero-order valence-corrected chi connectivity index (χ0v) is 24.1. The van der Waals surface area contributed by atoms with Crippen LogP contribution in [0.1, 0.15) is 66.5 Å². The quantitative estimate of drug-likeness (QED) is 0.344. The first kappa shape index (κ1) is 29.4. The minimum atomic E-state index is -0.659. The summed E-state index contributed by atoms with van der Waals surface area (Å²) in [6.07, 6.45) is 1.18. The fraction of sp³-hybridized carbons (Fsp3) is 0.520. The SMILES string of the molecule is CC(c1ccc(-n2cc(I)c(N)nc2=O)cc1)N(CCCNC(=O)OC(C)(C)C)C(=O)OC(C)(C)C. The molecule has 0 radical (unpaired) electrons. The van der Waals surface area contributed by atoms with E-state index >= 15 is 0 Å². The standard InChI is InChI=1S/C25H36IN5O5/c1-16(17-9-11-18(12-10-17)31-15-19(26)20(27)29-21(31)32)30(23(34)36-25(5,6)7)14-8-13-28-22(33)35-24(2,3)4/h9-12,15-16H,8,13-14H2,1-7H3,(H,28,33)(H2,27,29,32). The van der Waals surface area contributed by atoms with E-state index in [4.69, 9.17) is 15.2 Å². The lowest BCUT2D eigenvalue weighted by molar-refractivity contribution is 0.0171. The van der Waals surface area contributed by atoms with Gasteiger partial charge in [-0.2, -0.15) is 4.98 Å². The maximum absolute atomic E-state index is 13.0. The number of nitrogens with two attached hydrogens (primary N) is 1. The van der Waals surface area contributed by atoms with Crippen molar-refractivity contribution in [3.05, 3.63) is 50.1 Å². The zero-order valence-electron chi connectivity index (χ0n) is 21.9. The van der Waals surface area contributed by atoms with Crippen LogP contribution in [0.15, 0.2) is 35.3 Å². The predicted molar refractivity (Wildman–Crippen MR) is 147 cm³/mol. The molecule has 2 rings (SSSR count). The number of anilines is 1. The molecule has 10 nitrogen and oxygen atoms in total. The Balaban J connectivity index is 2.17. The van der Waals surface area contributed by atoms with Gasteiger partial charge in [-0.15, -0.1) is 0 Å². The smallest absolute Gasteiger partial charge is 0.410 e. The Morgan fingerprint density at radius 2 is 1.69 bits per heavy atom. The summed E-state index contributed by atoms with van der Waals surface area (Å²) in [5, 5.41) is 2.71. The van der Waals surface area contributed by atoms with Crippen LogP contribution in [0, 0.1) is 3.57 Å². The molecule has 0 saturated heterocycles. The molecule has 1 heterocycles. The fourth-order valence-electron chi connectivity index (χ4n) is 3.24. The third-order valence-electron chi connectivity index (χ3n) is 4.90. The summed E-state index contributed by atoms with van der Waals surface area (Å²) in [5.74, 6) is 0.191. The number of amides is 2. The van der Waals surface area contributed by atoms with E-state index in [2.05, 4.69) is 10.3 Å². The van der Waals surface area contributed by atoms with E-state index in [1.165, 1.54) is 4.57 Å². The van der Waals surface area contributed by atoms with E-state index in [0.29, 0.717) is 28.8 Å². The Morgan fingerprint density at radius 3 is 2.25 bits per heavy atom. The Bertz CT molecular complexity index is 1120. The number of carbonyl (C=O) groups excluding carboxylic acids is 2. The minimum absolute atomic E-state index is 0.191. The van der Waals surface area contributed by atoms with Crippen molar-refractivity contribution in [1.82, 2.24) is 19.8 Å². The van der Waals surface area contributed by atoms with Crippen LogP contribution in [-0.2, 0) is 9.47 Å². The number of hydrogen-bond acceptors (Lipinski definition) is 7. The highest BCUT2D eigenvalue weighted by atomic mass is 127. The number of nitrogen functional groups attached to an aromatic ring is 1. The molecule has 0 saturated carbocycles. The number of rotatable bonds is 7. The van der Waals surface area contributed by atoms with Gasteiger partial charge in [0.1, 0.15) is 17.0 Å². The fourth-order valence-corrected chi connectivity index (χ4v) is 3.64. The normalized spacial score (nSPS) is 12.6. The van der Waals surface area contributed by atoms with E-state index in [1.807, 2.05) is 62.4 Å². The van der Waals surface area contributed by atoms with E-state index in [9.17, 15) is 14.4 Å². The second-order valence-electron chi connectivity index (χ2n) is 10.4. The summed E-state index contributed by atoms with van der Waals surface area (Å²) in [6.45, 7) is 13.4. The van der Waals surface area contributed by atoms with Crippen molar-refractivity contribution in [2.45, 2.75) is 72.1 Å². The van der Waals surface area contributed by atoms with Crippen molar-refractivity contribution in [3.63, 3.8) is 0 Å². The van der Waals surface area contributed by atoms with Crippen LogP contribution in [0.4, 0.5) is 15.4 Å². The third-order valence-corrected chi connectivity index (χ3v) is 5.73. The third kappa shape index (κ3) is 8.99. The Hall–Kier alpha value is -2.83.